The smallest absolute Gasteiger partial charge is 0.345 e. The molecule has 0 aromatic carbocycles. The van der Waals surface area contributed by atoms with Gasteiger partial charge in [0.1, 0.15) is 6.54 Å². The number of rotatable bonds is 3. The summed E-state index contributed by atoms with van der Waals surface area (Å²) in [6, 6.07) is 1.22. The first-order valence-electron chi connectivity index (χ1n) is 8.76. The predicted octanol–water partition coefficient (Wildman–Crippen LogP) is 2.91. The second kappa shape index (κ2) is 6.43. The molecule has 7 nitrogen and oxygen atoms in total. The van der Waals surface area contributed by atoms with Gasteiger partial charge in [-0.1, -0.05) is 13.3 Å². The van der Waals surface area contributed by atoms with Crippen molar-refractivity contribution in [3.05, 3.63) is 30.4 Å². The van der Waals surface area contributed by atoms with E-state index in [-0.39, 0.29) is 11.8 Å². The van der Waals surface area contributed by atoms with Gasteiger partial charge in [-0.15, -0.1) is 0 Å². The van der Waals surface area contributed by atoms with Crippen molar-refractivity contribution in [1.82, 2.24) is 29.6 Å². The van der Waals surface area contributed by atoms with Crippen LogP contribution in [-0.2, 0) is 0 Å². The SMILES string of the molecule is CCC1CN(C(=O)NCC(F)(F)F)C[C@@H]1c1cnc2cnc3[nH]ccc3n12. The van der Waals surface area contributed by atoms with E-state index >= 15 is 0 Å². The molecule has 4 rings (SSSR count). The third-order valence-electron chi connectivity index (χ3n) is 5.14. The van der Waals surface area contributed by atoms with Gasteiger partial charge in [0, 0.05) is 37.1 Å². The number of H-pyrrole nitrogens is 1. The first-order valence-corrected chi connectivity index (χ1v) is 8.76. The van der Waals surface area contributed by atoms with Crippen LogP contribution in [0.3, 0.4) is 0 Å². The van der Waals surface area contributed by atoms with Gasteiger partial charge in [-0.2, -0.15) is 13.2 Å². The van der Waals surface area contributed by atoms with Crippen LogP contribution in [0.25, 0.3) is 16.8 Å². The Hall–Kier alpha value is -2.78. The Morgan fingerprint density at radius 1 is 1.33 bits per heavy atom. The van der Waals surface area contributed by atoms with E-state index in [1.54, 1.807) is 18.6 Å². The summed E-state index contributed by atoms with van der Waals surface area (Å²) >= 11 is 0. The molecule has 3 aromatic heterocycles. The van der Waals surface area contributed by atoms with Gasteiger partial charge >= 0.3 is 12.2 Å². The van der Waals surface area contributed by atoms with Crippen molar-refractivity contribution in [3.8, 4) is 0 Å². The van der Waals surface area contributed by atoms with Crippen molar-refractivity contribution in [2.24, 2.45) is 5.92 Å². The summed E-state index contributed by atoms with van der Waals surface area (Å²) in [6.07, 6.45) is 1.62. The molecule has 0 saturated carbocycles. The number of aromatic amines is 1. The van der Waals surface area contributed by atoms with Crippen molar-refractivity contribution in [2.45, 2.75) is 25.4 Å². The number of hydrogen-bond donors (Lipinski definition) is 2. The van der Waals surface area contributed by atoms with Gasteiger partial charge in [0.15, 0.2) is 11.3 Å². The molecule has 0 spiro atoms. The van der Waals surface area contributed by atoms with Crippen LogP contribution in [0.5, 0.6) is 0 Å². The van der Waals surface area contributed by atoms with Crippen LogP contribution in [-0.4, -0.2) is 56.1 Å². The summed E-state index contributed by atoms with van der Waals surface area (Å²) in [5.74, 6) is 0.130. The largest absolute Gasteiger partial charge is 0.405 e. The molecule has 1 aliphatic rings. The minimum absolute atomic E-state index is 0.0119. The highest BCUT2D eigenvalue weighted by molar-refractivity contribution is 5.76. The average molecular weight is 380 g/mol. The van der Waals surface area contributed by atoms with Gasteiger partial charge < -0.3 is 15.2 Å². The van der Waals surface area contributed by atoms with Crippen LogP contribution in [0.15, 0.2) is 24.7 Å². The van der Waals surface area contributed by atoms with Crippen LogP contribution < -0.4 is 5.32 Å². The average Bonchev–Trinajstić information content (AvgIpc) is 3.33. The van der Waals surface area contributed by atoms with Crippen LogP contribution in [0.1, 0.15) is 25.0 Å². The monoisotopic (exact) mass is 380 g/mol. The number of imidazole rings is 1. The predicted molar refractivity (Wildman–Crippen MR) is 92.4 cm³/mol. The van der Waals surface area contributed by atoms with Gasteiger partial charge in [-0.05, 0) is 12.0 Å². The number of nitrogens with one attached hydrogen (secondary N) is 2. The van der Waals surface area contributed by atoms with Crippen molar-refractivity contribution in [2.75, 3.05) is 19.6 Å². The molecular formula is C17H19F3N6O. The van der Waals surface area contributed by atoms with E-state index < -0.39 is 18.8 Å². The molecule has 2 atom stereocenters. The molecule has 1 aliphatic heterocycles. The molecule has 1 unspecified atom stereocenters. The number of nitrogens with zero attached hydrogens (tertiary/aromatic N) is 4. The molecule has 27 heavy (non-hydrogen) atoms. The van der Waals surface area contributed by atoms with Gasteiger partial charge in [0.2, 0.25) is 0 Å². The zero-order chi connectivity index (χ0) is 19.2. The summed E-state index contributed by atoms with van der Waals surface area (Å²) in [5.41, 5.74) is 3.25. The van der Waals surface area contributed by atoms with Crippen molar-refractivity contribution < 1.29 is 18.0 Å². The molecule has 2 amide bonds. The Morgan fingerprint density at radius 3 is 2.89 bits per heavy atom. The van der Waals surface area contributed by atoms with Crippen LogP contribution in [0, 0.1) is 5.92 Å². The highest BCUT2D eigenvalue weighted by Crippen LogP contribution is 2.35. The van der Waals surface area contributed by atoms with Crippen LogP contribution in [0.2, 0.25) is 0 Å². The summed E-state index contributed by atoms with van der Waals surface area (Å²) in [7, 11) is 0. The van der Waals surface area contributed by atoms with E-state index in [4.69, 9.17) is 0 Å². The molecule has 0 bridgehead atoms. The highest BCUT2D eigenvalue weighted by atomic mass is 19.4. The van der Waals surface area contributed by atoms with E-state index in [9.17, 15) is 18.0 Å². The molecule has 3 aromatic rings. The number of halogens is 3. The second-order valence-corrected chi connectivity index (χ2v) is 6.80. The molecule has 0 aliphatic carbocycles. The Morgan fingerprint density at radius 2 is 2.15 bits per heavy atom. The highest BCUT2D eigenvalue weighted by Gasteiger charge is 2.38. The summed E-state index contributed by atoms with van der Waals surface area (Å²) in [4.78, 5) is 25.4. The lowest BCUT2D eigenvalue weighted by molar-refractivity contribution is -0.123. The fraction of sp³-hybridized carbons (Fsp3) is 0.471. The minimum Gasteiger partial charge on any atom is -0.345 e. The lowest BCUT2D eigenvalue weighted by Crippen LogP contribution is -2.42. The molecule has 1 fully saturated rings. The molecule has 0 radical (unpaired) electrons. The van der Waals surface area contributed by atoms with E-state index in [0.29, 0.717) is 18.7 Å². The zero-order valence-corrected chi connectivity index (χ0v) is 14.6. The fourth-order valence-electron chi connectivity index (χ4n) is 3.83. The Labute approximate surface area is 152 Å². The first kappa shape index (κ1) is 17.6. The lowest BCUT2D eigenvalue weighted by atomic mass is 9.91. The number of alkyl halides is 3. The molecular weight excluding hydrogens is 361 g/mol. The molecule has 4 heterocycles. The number of fused-ring (bicyclic) bond motifs is 3. The van der Waals surface area contributed by atoms with E-state index in [1.807, 2.05) is 22.7 Å². The number of aromatic nitrogens is 4. The molecule has 144 valence electrons. The van der Waals surface area contributed by atoms with E-state index in [0.717, 1.165) is 23.3 Å². The maximum atomic E-state index is 12.4. The standard InChI is InChI=1S/C17H19F3N6O/c1-2-10-7-25(16(27)24-9-17(18,19)20)8-11(10)13-5-22-14-6-23-15-12(26(13)14)3-4-21-15/h3-6,10-11,21H,2,7-9H2,1H3,(H,24,27)/t10?,11-/m0/s1. The van der Waals surface area contributed by atoms with Gasteiger partial charge in [-0.3, -0.25) is 4.40 Å². The summed E-state index contributed by atoms with van der Waals surface area (Å²) in [5, 5.41) is 1.96. The lowest BCUT2D eigenvalue weighted by Gasteiger charge is -2.18. The third kappa shape index (κ3) is 3.19. The quantitative estimate of drug-likeness (QED) is 0.733. The zero-order valence-electron chi connectivity index (χ0n) is 14.6. The minimum atomic E-state index is -4.42. The number of urea groups is 1. The second-order valence-electron chi connectivity index (χ2n) is 6.80. The van der Waals surface area contributed by atoms with Gasteiger partial charge in [0.05, 0.1) is 11.7 Å². The summed E-state index contributed by atoms with van der Waals surface area (Å²) < 4.78 is 39.2. The molecule has 2 N–H and O–H groups in total. The normalized spacial score (nSPS) is 20.7. The number of likely N-dealkylation sites (tertiary alicyclic amines) is 1. The van der Waals surface area contributed by atoms with Gasteiger partial charge in [0.25, 0.3) is 0 Å². The molecule has 10 heteroatoms. The number of carbonyl (C=O) groups is 1. The van der Waals surface area contributed by atoms with Crippen LogP contribution in [0.4, 0.5) is 18.0 Å². The Kier molecular flexibility index (Phi) is 4.20. The fourth-order valence-corrected chi connectivity index (χ4v) is 3.83. The topological polar surface area (TPSA) is 78.3 Å². The van der Waals surface area contributed by atoms with Gasteiger partial charge in [-0.25, -0.2) is 14.8 Å². The number of amides is 2. The molecule has 1 saturated heterocycles. The van der Waals surface area contributed by atoms with Crippen LogP contribution >= 0.6 is 0 Å². The van der Waals surface area contributed by atoms with Crippen molar-refractivity contribution in [3.63, 3.8) is 0 Å². The van der Waals surface area contributed by atoms with Crippen molar-refractivity contribution in [1.29, 1.82) is 0 Å². The maximum Gasteiger partial charge on any atom is 0.405 e. The van der Waals surface area contributed by atoms with Crippen molar-refractivity contribution >= 4 is 22.8 Å². The Bertz CT molecular complexity index is 978. The Balaban J connectivity index is 1.63. The van der Waals surface area contributed by atoms with E-state index in [1.165, 1.54) is 4.90 Å². The number of hydrogen-bond acceptors (Lipinski definition) is 3. The maximum absolute atomic E-state index is 12.4. The summed E-state index contributed by atoms with van der Waals surface area (Å²) in [6.45, 7) is 1.46. The number of carbonyl (C=O) groups excluding carboxylic acids is 1. The third-order valence-corrected chi connectivity index (χ3v) is 5.14. The van der Waals surface area contributed by atoms with E-state index in [2.05, 4.69) is 15.0 Å². The first-order chi connectivity index (χ1) is 12.9.